The predicted molar refractivity (Wildman–Crippen MR) is 87.3 cm³/mol. The molecule has 11 heteroatoms. The summed E-state index contributed by atoms with van der Waals surface area (Å²) in [5.74, 6) is 0.236. The van der Waals surface area contributed by atoms with Crippen LogP contribution in [0.4, 0.5) is 10.2 Å². The lowest BCUT2D eigenvalue weighted by molar-refractivity contribution is -0.0511. The minimum atomic E-state index is -1.30. The number of hydrogen-bond donors (Lipinski definition) is 4. The Morgan fingerprint density at radius 3 is 2.65 bits per heavy atom. The summed E-state index contributed by atoms with van der Waals surface area (Å²) in [6.07, 6.45) is -0.894. The molecule has 4 rings (SSSR count). The van der Waals surface area contributed by atoms with E-state index in [0.717, 1.165) is 32.4 Å². The first-order chi connectivity index (χ1) is 12.6. The van der Waals surface area contributed by atoms with Gasteiger partial charge in [0.15, 0.2) is 23.2 Å². The van der Waals surface area contributed by atoms with Gasteiger partial charge in [-0.15, -0.1) is 0 Å². The van der Waals surface area contributed by atoms with Crippen LogP contribution in [0.1, 0.15) is 25.5 Å². The maximum Gasteiger partial charge on any atom is 0.312 e. The van der Waals surface area contributed by atoms with E-state index in [-0.39, 0.29) is 11.5 Å². The summed E-state index contributed by atoms with van der Waals surface area (Å²) in [4.78, 5) is 11.8. The normalized spacial score (nSPS) is 30.2. The van der Waals surface area contributed by atoms with Gasteiger partial charge in [0.25, 0.3) is 0 Å². The molecule has 2 saturated heterocycles. The van der Waals surface area contributed by atoms with Crippen molar-refractivity contribution in [3.63, 3.8) is 0 Å². The Kier molecular flexibility index (Phi) is 4.71. The minimum absolute atomic E-state index is 0.131. The topological polar surface area (TPSA) is 129 Å². The molecule has 0 spiro atoms. The zero-order valence-corrected chi connectivity index (χ0v) is 14.0. The fourth-order valence-corrected chi connectivity index (χ4v) is 3.42. The molecule has 2 aliphatic heterocycles. The number of hydrazine groups is 1. The highest BCUT2D eigenvalue weighted by molar-refractivity contribution is 5.82. The lowest BCUT2D eigenvalue weighted by Gasteiger charge is -2.27. The number of hydrogen-bond acceptors (Lipinski definition) is 9. The van der Waals surface area contributed by atoms with Crippen LogP contribution in [0.15, 0.2) is 6.33 Å². The van der Waals surface area contributed by atoms with Crippen molar-refractivity contribution < 1.29 is 24.4 Å². The van der Waals surface area contributed by atoms with Gasteiger partial charge in [-0.25, -0.2) is 9.99 Å². The van der Waals surface area contributed by atoms with Crippen LogP contribution in [0.25, 0.3) is 11.2 Å². The molecule has 0 bridgehead atoms. The van der Waals surface area contributed by atoms with Crippen LogP contribution in [-0.4, -0.2) is 77.9 Å². The number of nitrogens with zero attached hydrogens (tertiary/aromatic N) is 5. The molecule has 0 radical (unpaired) electrons. The van der Waals surface area contributed by atoms with Gasteiger partial charge in [0, 0.05) is 13.1 Å². The molecule has 0 aliphatic carbocycles. The number of aromatic nitrogens is 4. The number of halogens is 1. The second-order valence-electron chi connectivity index (χ2n) is 6.55. The summed E-state index contributed by atoms with van der Waals surface area (Å²) in [5, 5.41) is 31.3. The predicted octanol–water partition coefficient (Wildman–Crippen LogP) is -0.610. The van der Waals surface area contributed by atoms with Crippen molar-refractivity contribution in [3.05, 3.63) is 12.4 Å². The first-order valence-electron chi connectivity index (χ1n) is 8.62. The lowest BCUT2D eigenvalue weighted by atomic mass is 10.1. The number of aliphatic hydroxyl groups is 3. The molecular formula is C15H21FN6O4. The van der Waals surface area contributed by atoms with E-state index >= 15 is 0 Å². The third kappa shape index (κ3) is 3.01. The number of rotatable bonds is 4. The van der Waals surface area contributed by atoms with E-state index in [9.17, 15) is 19.7 Å². The molecule has 2 fully saturated rings. The third-order valence-corrected chi connectivity index (χ3v) is 4.81. The van der Waals surface area contributed by atoms with E-state index in [1.807, 2.05) is 5.01 Å². The van der Waals surface area contributed by atoms with Crippen LogP contribution in [0.3, 0.4) is 0 Å². The van der Waals surface area contributed by atoms with Gasteiger partial charge < -0.3 is 25.5 Å². The molecular weight excluding hydrogens is 347 g/mol. The standard InChI is InChI=1S/C15H21FN6O4/c16-15-18-12(20-21-4-2-1-3-5-21)9-13(19-15)22(7-17-9)14-11(25)10(24)8(6-23)26-14/h7-8,10-11,14,23-25H,1-6H2,(H,18,19,20)/t8-,10?,11?,14-/m1/s1. The smallest absolute Gasteiger partial charge is 0.312 e. The van der Waals surface area contributed by atoms with Gasteiger partial charge in [0.2, 0.25) is 0 Å². The molecule has 2 aliphatic rings. The quantitative estimate of drug-likeness (QED) is 0.522. The van der Waals surface area contributed by atoms with Crippen LogP contribution in [0.5, 0.6) is 0 Å². The number of anilines is 1. The fraction of sp³-hybridized carbons (Fsp3) is 0.667. The molecule has 4 atom stereocenters. The molecule has 26 heavy (non-hydrogen) atoms. The highest BCUT2D eigenvalue weighted by Crippen LogP contribution is 2.32. The van der Waals surface area contributed by atoms with Gasteiger partial charge in [-0.3, -0.25) is 4.57 Å². The summed E-state index contributed by atoms with van der Waals surface area (Å²) in [6, 6.07) is 0. The molecule has 4 heterocycles. The highest BCUT2D eigenvalue weighted by atomic mass is 19.1. The molecule has 10 nitrogen and oxygen atoms in total. The van der Waals surface area contributed by atoms with Crippen molar-refractivity contribution in [1.82, 2.24) is 24.5 Å². The maximum atomic E-state index is 14.0. The summed E-state index contributed by atoms with van der Waals surface area (Å²) < 4.78 is 20.8. The summed E-state index contributed by atoms with van der Waals surface area (Å²) in [5.41, 5.74) is 3.54. The highest BCUT2D eigenvalue weighted by Gasteiger charge is 2.44. The number of fused-ring (bicyclic) bond motifs is 1. The fourth-order valence-electron chi connectivity index (χ4n) is 3.42. The Bertz CT molecular complexity index is 783. The lowest BCUT2D eigenvalue weighted by Crippen LogP contribution is -2.35. The number of aliphatic hydroxyl groups excluding tert-OH is 3. The molecule has 2 aromatic heterocycles. The number of nitrogens with one attached hydrogen (secondary N) is 1. The number of imidazole rings is 1. The van der Waals surface area contributed by atoms with Crippen molar-refractivity contribution in [2.24, 2.45) is 0 Å². The van der Waals surface area contributed by atoms with Crippen molar-refractivity contribution in [3.8, 4) is 0 Å². The van der Waals surface area contributed by atoms with E-state index in [4.69, 9.17) is 4.74 Å². The van der Waals surface area contributed by atoms with Crippen LogP contribution < -0.4 is 5.43 Å². The Hall–Kier alpha value is -1.92. The first kappa shape index (κ1) is 17.5. The Morgan fingerprint density at radius 1 is 1.19 bits per heavy atom. The van der Waals surface area contributed by atoms with Crippen molar-refractivity contribution in [2.75, 3.05) is 25.1 Å². The van der Waals surface area contributed by atoms with E-state index in [2.05, 4.69) is 20.4 Å². The molecule has 0 amide bonds. The Labute approximate surface area is 148 Å². The zero-order valence-electron chi connectivity index (χ0n) is 14.0. The Balaban J connectivity index is 1.67. The third-order valence-electron chi connectivity index (χ3n) is 4.81. The van der Waals surface area contributed by atoms with E-state index in [1.165, 1.54) is 10.9 Å². The molecule has 0 aromatic carbocycles. The second-order valence-corrected chi connectivity index (χ2v) is 6.55. The summed E-state index contributed by atoms with van der Waals surface area (Å²) in [7, 11) is 0. The molecule has 2 aromatic rings. The largest absolute Gasteiger partial charge is 0.394 e. The van der Waals surface area contributed by atoms with Crippen LogP contribution in [-0.2, 0) is 4.74 Å². The minimum Gasteiger partial charge on any atom is -0.394 e. The van der Waals surface area contributed by atoms with Gasteiger partial charge in [-0.2, -0.15) is 14.4 Å². The second kappa shape index (κ2) is 7.00. The van der Waals surface area contributed by atoms with Crippen LogP contribution in [0, 0.1) is 6.08 Å². The monoisotopic (exact) mass is 368 g/mol. The summed E-state index contributed by atoms with van der Waals surface area (Å²) >= 11 is 0. The molecule has 142 valence electrons. The molecule has 2 unspecified atom stereocenters. The van der Waals surface area contributed by atoms with Gasteiger partial charge >= 0.3 is 6.08 Å². The van der Waals surface area contributed by atoms with Gasteiger partial charge in [-0.05, 0) is 12.8 Å². The van der Waals surface area contributed by atoms with Crippen LogP contribution >= 0.6 is 0 Å². The molecule has 0 saturated carbocycles. The number of piperidine rings is 1. The van der Waals surface area contributed by atoms with Crippen molar-refractivity contribution in [2.45, 2.75) is 43.8 Å². The van der Waals surface area contributed by atoms with Crippen molar-refractivity contribution >= 4 is 17.0 Å². The summed E-state index contributed by atoms with van der Waals surface area (Å²) in [6.45, 7) is 1.19. The molecule has 4 N–H and O–H groups in total. The maximum absolute atomic E-state index is 14.0. The number of ether oxygens (including phenoxy) is 1. The van der Waals surface area contributed by atoms with Crippen LogP contribution in [0.2, 0.25) is 0 Å². The first-order valence-corrected chi connectivity index (χ1v) is 8.62. The van der Waals surface area contributed by atoms with Gasteiger partial charge in [0.05, 0.1) is 12.9 Å². The van der Waals surface area contributed by atoms with Gasteiger partial charge in [0.1, 0.15) is 18.3 Å². The SMILES string of the molecule is OC[C@H]1O[C@@H](n2cnc3c(NN4CCCCC4)nc(F)nc32)C(O)C1O. The average molecular weight is 368 g/mol. The van der Waals surface area contributed by atoms with E-state index in [1.54, 1.807) is 0 Å². The van der Waals surface area contributed by atoms with E-state index < -0.39 is 37.2 Å². The average Bonchev–Trinajstić information content (AvgIpc) is 3.17. The van der Waals surface area contributed by atoms with Crippen molar-refractivity contribution in [1.29, 1.82) is 0 Å². The zero-order chi connectivity index (χ0) is 18.3. The Morgan fingerprint density at radius 2 is 1.96 bits per heavy atom. The van der Waals surface area contributed by atoms with Gasteiger partial charge in [-0.1, -0.05) is 6.42 Å². The van der Waals surface area contributed by atoms with E-state index in [0.29, 0.717) is 5.52 Å².